The number of aromatic amines is 5. The van der Waals surface area contributed by atoms with E-state index in [0.717, 1.165) is 204 Å². The number of aryl methyl sites for hydroxylation is 8. The molecule has 15 rings (SSSR count). The Bertz CT molecular complexity index is 5750. The van der Waals surface area contributed by atoms with E-state index in [2.05, 4.69) is 286 Å². The van der Waals surface area contributed by atoms with Crippen LogP contribution in [-0.4, -0.2) is 57.3 Å². The molecule has 0 fully saturated rings. The third-order valence-electron chi connectivity index (χ3n) is 23.6. The summed E-state index contributed by atoms with van der Waals surface area (Å²) in [6, 6.07) is 40.3. The third kappa shape index (κ3) is 11.9. The lowest BCUT2D eigenvalue weighted by Gasteiger charge is -2.21. The van der Waals surface area contributed by atoms with Crippen molar-refractivity contribution >= 4 is 134 Å². The smallest absolute Gasteiger partial charge is 0.0768 e. The van der Waals surface area contributed by atoms with Crippen molar-refractivity contribution in [1.29, 1.82) is 0 Å². The number of aromatic nitrogens is 9. The van der Waals surface area contributed by atoms with E-state index in [4.69, 9.17) is 29.9 Å². The van der Waals surface area contributed by atoms with Crippen molar-refractivity contribution in [3.63, 3.8) is 0 Å². The average Bonchev–Trinajstić information content (AvgIpc) is 1.60. The van der Waals surface area contributed by atoms with E-state index in [9.17, 15) is 0 Å². The maximum absolute atomic E-state index is 5.56. The fourth-order valence-corrected chi connectivity index (χ4v) is 16.3. The summed E-state index contributed by atoms with van der Waals surface area (Å²) in [7, 11) is 0. The number of rotatable bonds is 10. The predicted octanol–water partition coefficient (Wildman–Crippen LogP) is 25.6. The van der Waals surface area contributed by atoms with Crippen molar-refractivity contribution in [3.05, 3.63) is 222 Å². The lowest BCUT2D eigenvalue weighted by molar-refractivity contribution is 0.590. The third-order valence-corrected chi connectivity index (χ3v) is 23.6. The maximum atomic E-state index is 5.56. The molecule has 0 spiro atoms. The van der Waals surface area contributed by atoms with Gasteiger partial charge < -0.3 is 24.9 Å². The molecule has 11 heteroatoms. The minimum Gasteiger partial charge on any atom is -0.355 e. The van der Waals surface area contributed by atoms with Crippen molar-refractivity contribution < 1.29 is 0 Å². The van der Waals surface area contributed by atoms with Gasteiger partial charge in [0, 0.05) is 78.6 Å². The number of benzene rings is 4. The second-order valence-corrected chi connectivity index (χ2v) is 31.8. The summed E-state index contributed by atoms with van der Waals surface area (Å²) in [5.74, 6) is 0. The van der Waals surface area contributed by atoms with Crippen molar-refractivity contribution in [3.8, 4) is 22.3 Å². The van der Waals surface area contributed by atoms with Gasteiger partial charge in [0.25, 0.3) is 0 Å². The van der Waals surface area contributed by atoms with Gasteiger partial charge in [0.1, 0.15) is 0 Å². The molecule has 0 saturated heterocycles. The van der Waals surface area contributed by atoms with Crippen LogP contribution in [0.5, 0.6) is 0 Å². The highest BCUT2D eigenvalue weighted by Crippen LogP contribution is 2.45. The van der Waals surface area contributed by atoms with E-state index >= 15 is 0 Å². The highest BCUT2D eigenvalue weighted by atomic mass is 14.8. The van der Waals surface area contributed by atoms with Gasteiger partial charge in [-0.25, -0.2) is 19.9 Å². The number of H-pyrrole nitrogens is 5. The second kappa shape index (κ2) is 26.1. The molecule has 11 heterocycles. The van der Waals surface area contributed by atoms with Crippen LogP contribution in [0.2, 0.25) is 0 Å². The summed E-state index contributed by atoms with van der Waals surface area (Å²) in [5, 5.41) is 2.31. The highest BCUT2D eigenvalue weighted by Gasteiger charge is 2.28. The predicted molar refractivity (Wildman–Crippen MR) is 450 cm³/mol. The van der Waals surface area contributed by atoms with Crippen LogP contribution in [0.4, 0.5) is 11.4 Å². The Balaban J connectivity index is 0.830. The Kier molecular flexibility index (Phi) is 17.4. The zero-order chi connectivity index (χ0) is 74.3. The molecule has 0 amide bonds. The number of fused-ring (bicyclic) bond motifs is 19. The van der Waals surface area contributed by atoms with Gasteiger partial charge in [-0.1, -0.05) is 93.5 Å². The minimum atomic E-state index is -0.149. The summed E-state index contributed by atoms with van der Waals surface area (Å²) in [5.41, 5.74) is 48.1. The van der Waals surface area contributed by atoms with Crippen LogP contribution in [0.15, 0.2) is 119 Å². The Hall–Kier alpha value is -10.8. The molecule has 5 N–H and O–H groups in total. The van der Waals surface area contributed by atoms with E-state index in [1.807, 2.05) is 12.4 Å². The topological polar surface area (TPSA) is 155 Å². The molecule has 0 aliphatic carbocycles. The van der Waals surface area contributed by atoms with Crippen LogP contribution in [0.25, 0.3) is 133 Å². The quantitative estimate of drug-likeness (QED) is 0.0865. The van der Waals surface area contributed by atoms with Crippen LogP contribution in [0, 0.1) is 41.5 Å². The molecule has 11 nitrogen and oxygen atoms in total. The number of hydrogen-bond donors (Lipinski definition) is 5. The summed E-state index contributed by atoms with van der Waals surface area (Å²) in [4.78, 5) is 52.0. The lowest BCUT2D eigenvalue weighted by Crippen LogP contribution is -2.12. The normalized spacial score (nSPS) is 13.9. The summed E-state index contributed by atoms with van der Waals surface area (Å²) in [6.07, 6.45) is 7.69. The molecule has 0 radical (unpaired) electrons. The average molecular weight is 1380 g/mol. The molecule has 7 aromatic heterocycles. The van der Waals surface area contributed by atoms with Gasteiger partial charge in [0.2, 0.25) is 0 Å². The lowest BCUT2D eigenvalue weighted by atomic mass is 9.83. The molecule has 105 heavy (non-hydrogen) atoms. The van der Waals surface area contributed by atoms with Gasteiger partial charge in [0.15, 0.2) is 0 Å². The van der Waals surface area contributed by atoms with Crippen LogP contribution in [0.3, 0.4) is 0 Å². The molecular formula is C94H99N11. The zero-order valence-electron chi connectivity index (χ0n) is 65.6. The summed E-state index contributed by atoms with van der Waals surface area (Å²) >= 11 is 0. The summed E-state index contributed by atoms with van der Waals surface area (Å²) < 4.78 is 0. The molecule has 16 bridgehead atoms. The van der Waals surface area contributed by atoms with Gasteiger partial charge in [-0.05, 0) is 316 Å². The Morgan fingerprint density at radius 3 is 1.01 bits per heavy atom. The number of nitrogens with zero attached hydrogens (tertiary/aromatic N) is 6. The molecule has 4 aliphatic rings. The van der Waals surface area contributed by atoms with Gasteiger partial charge in [0.05, 0.1) is 79.0 Å². The van der Waals surface area contributed by atoms with Gasteiger partial charge in [-0.15, -0.1) is 0 Å². The maximum Gasteiger partial charge on any atom is 0.0768 e. The SMILES string of the molecule is CCC1=C(C)c2cc3[nH]c(c(C)c3C)c(-c3ccc(N=Cc4cc(C(C)(C)C)cc5c4[nH]c4c(C=Nc6ccc(-c7c8nc(cc9[nH]c(cc%10nc(cc%11[nH]c7c(C)c%11C)C(C)=C%10CC)c(CC)c9C)C(C)=C8C)cc6)cc(C(C)(C)C)cc45)cc3)c3nc(cc4[nH]c(cc1n2)c(CC)c4C)C(C)=C3C. The van der Waals surface area contributed by atoms with Gasteiger partial charge >= 0.3 is 0 Å². The molecule has 4 aromatic carbocycles. The summed E-state index contributed by atoms with van der Waals surface area (Å²) in [6.45, 7) is 49.3. The van der Waals surface area contributed by atoms with E-state index in [1.165, 1.54) is 77.9 Å². The van der Waals surface area contributed by atoms with E-state index in [-0.39, 0.29) is 10.8 Å². The molecule has 4 aliphatic heterocycles. The monoisotopic (exact) mass is 1380 g/mol. The van der Waals surface area contributed by atoms with E-state index in [1.54, 1.807) is 0 Å². The first-order valence-electron chi connectivity index (χ1n) is 37.7. The fourth-order valence-electron chi connectivity index (χ4n) is 16.3. The van der Waals surface area contributed by atoms with Crippen molar-refractivity contribution in [2.24, 2.45) is 9.98 Å². The van der Waals surface area contributed by atoms with Gasteiger partial charge in [-0.3, -0.25) is 9.98 Å². The molecule has 0 saturated carbocycles. The first-order valence-corrected chi connectivity index (χ1v) is 37.7. The molecule has 11 aromatic rings. The number of hydrogen-bond acceptors (Lipinski definition) is 6. The number of nitrogens with one attached hydrogen (secondary N) is 5. The van der Waals surface area contributed by atoms with Crippen molar-refractivity contribution in [1.82, 2.24) is 44.9 Å². The largest absolute Gasteiger partial charge is 0.355 e. The van der Waals surface area contributed by atoms with Crippen LogP contribution in [-0.2, 0) is 23.7 Å². The first kappa shape index (κ1) is 69.9. The first-order chi connectivity index (χ1) is 50.0. The van der Waals surface area contributed by atoms with Gasteiger partial charge in [-0.2, -0.15) is 0 Å². The van der Waals surface area contributed by atoms with E-state index < -0.39 is 0 Å². The minimum absolute atomic E-state index is 0.149. The van der Waals surface area contributed by atoms with Crippen LogP contribution < -0.4 is 0 Å². The Morgan fingerprint density at radius 1 is 0.324 bits per heavy atom. The Labute approximate surface area is 618 Å². The number of allylic oxidation sites excluding steroid dienone is 8. The standard InChI is InChI=1S/C94H99N11/c1-23-67-55(13)77-39-73-47(5)51(9)87(101-73)85(88-52(10)48(6)74(102-88)40-78-56(14)68(24-2)82(98-78)43-81(67)97-77)59-27-31-65(32-28-59)95-45-61-35-63(93(17,18)19)37-71-72-38-64(94(20,21)22)36-62(92(72)105-91(61)71)46-96-66-33-29-60(30-34-66)86-89-53(11)49(7)75(103-89)41-79-57(15)69(25-3)83(99-79)44-84-70(26-4)58(16)80(100-84)42-76-50(8)54(12)90(86)104-76/h27-46,97,99,102,104-105H,23-26H2,1-22H3. The number of aliphatic imine (C=N–C) groups is 2. The van der Waals surface area contributed by atoms with Crippen molar-refractivity contribution in [2.45, 2.75) is 189 Å². The van der Waals surface area contributed by atoms with Crippen molar-refractivity contribution in [2.75, 3.05) is 0 Å². The molecule has 530 valence electrons. The zero-order valence-corrected chi connectivity index (χ0v) is 65.6. The highest BCUT2D eigenvalue weighted by molar-refractivity contribution is 6.17. The second-order valence-electron chi connectivity index (χ2n) is 31.8. The molecular weight excluding hydrogens is 1280 g/mol. The van der Waals surface area contributed by atoms with Crippen LogP contribution >= 0.6 is 0 Å². The van der Waals surface area contributed by atoms with E-state index in [0.29, 0.717) is 0 Å². The molecule has 0 unspecified atom stereocenters. The fraction of sp³-hybridized carbons (Fsp3) is 0.298. The molecule has 0 atom stereocenters. The Morgan fingerprint density at radius 2 is 0.667 bits per heavy atom. The van der Waals surface area contributed by atoms with Crippen LogP contribution in [0.1, 0.15) is 236 Å².